The van der Waals surface area contributed by atoms with Gasteiger partial charge in [-0.15, -0.1) is 0 Å². The van der Waals surface area contributed by atoms with E-state index in [4.69, 9.17) is 0 Å². The summed E-state index contributed by atoms with van der Waals surface area (Å²) >= 11 is 0. The summed E-state index contributed by atoms with van der Waals surface area (Å²) in [6.07, 6.45) is 4.01. The highest BCUT2D eigenvalue weighted by molar-refractivity contribution is 7.89. The minimum Gasteiger partial charge on any atom is -0.337 e. The van der Waals surface area contributed by atoms with Crippen LogP contribution in [0.15, 0.2) is 11.2 Å². The van der Waals surface area contributed by atoms with Crippen molar-refractivity contribution in [2.45, 2.75) is 44.7 Å². The van der Waals surface area contributed by atoms with Crippen molar-refractivity contribution in [1.82, 2.24) is 19.2 Å². The zero-order chi connectivity index (χ0) is 15.6. The van der Waals surface area contributed by atoms with Crippen LogP contribution in [0.5, 0.6) is 0 Å². The van der Waals surface area contributed by atoms with Crippen LogP contribution >= 0.6 is 0 Å². The lowest BCUT2D eigenvalue weighted by molar-refractivity contribution is 0.174. The molecule has 0 amide bonds. The minimum atomic E-state index is -3.53. The Labute approximate surface area is 127 Å². The van der Waals surface area contributed by atoms with Crippen molar-refractivity contribution in [3.63, 3.8) is 0 Å². The van der Waals surface area contributed by atoms with Gasteiger partial charge in [0.1, 0.15) is 5.82 Å². The van der Waals surface area contributed by atoms with Gasteiger partial charge in [0.25, 0.3) is 10.0 Å². The number of hydrogen-bond donors (Lipinski definition) is 1. The Hall–Kier alpha value is -0.920. The van der Waals surface area contributed by atoms with E-state index in [2.05, 4.69) is 21.5 Å². The summed E-state index contributed by atoms with van der Waals surface area (Å²) in [6, 6.07) is -0.123. The molecule has 7 heteroatoms. The zero-order valence-corrected chi connectivity index (χ0v) is 14.2. The summed E-state index contributed by atoms with van der Waals surface area (Å²) < 4.78 is 29.1. The van der Waals surface area contributed by atoms with Gasteiger partial charge in [-0.2, -0.15) is 0 Å². The van der Waals surface area contributed by atoms with Crippen LogP contribution in [0.3, 0.4) is 0 Å². The van der Waals surface area contributed by atoms with E-state index in [9.17, 15) is 8.42 Å². The van der Waals surface area contributed by atoms with Gasteiger partial charge in [-0.3, -0.25) is 0 Å². The third kappa shape index (κ3) is 4.28. The van der Waals surface area contributed by atoms with Gasteiger partial charge < -0.3 is 9.47 Å². The van der Waals surface area contributed by atoms with Crippen LogP contribution in [-0.4, -0.2) is 48.5 Å². The molecule has 1 N–H and O–H groups in total. The summed E-state index contributed by atoms with van der Waals surface area (Å²) in [4.78, 5) is 6.43. The smallest absolute Gasteiger partial charge is 0.259 e. The van der Waals surface area contributed by atoms with Crippen LogP contribution in [0.25, 0.3) is 0 Å². The molecule has 1 saturated heterocycles. The summed E-state index contributed by atoms with van der Waals surface area (Å²) in [5.41, 5.74) is 0. The van der Waals surface area contributed by atoms with Gasteiger partial charge in [0.15, 0.2) is 5.03 Å². The fourth-order valence-electron chi connectivity index (χ4n) is 2.86. The Balaban J connectivity index is 1.96. The predicted molar refractivity (Wildman–Crippen MR) is 82.6 cm³/mol. The fourth-order valence-corrected chi connectivity index (χ4v) is 4.13. The number of imidazole rings is 1. The highest BCUT2D eigenvalue weighted by Crippen LogP contribution is 2.16. The SMILES string of the molecule is Cc1nc(S(=O)(=O)N[C@@H](C)CN2CCC[C@H](C)C2)cn1C. The van der Waals surface area contributed by atoms with Crippen molar-refractivity contribution in [3.05, 3.63) is 12.0 Å². The monoisotopic (exact) mass is 314 g/mol. The Morgan fingerprint density at radius 1 is 1.52 bits per heavy atom. The molecule has 1 fully saturated rings. The average molecular weight is 314 g/mol. The lowest BCUT2D eigenvalue weighted by atomic mass is 10.00. The summed E-state index contributed by atoms with van der Waals surface area (Å²) in [5, 5.41) is 0.0985. The first-order valence-electron chi connectivity index (χ1n) is 7.52. The van der Waals surface area contributed by atoms with E-state index in [1.807, 2.05) is 6.92 Å². The molecular formula is C14H26N4O2S. The molecule has 120 valence electrons. The standard InChI is InChI=1S/C14H26N4O2S/c1-11-6-5-7-18(8-11)9-12(2)16-21(19,20)14-10-17(4)13(3)15-14/h10-12,16H,5-9H2,1-4H3/t11-,12-/m0/s1. The van der Waals surface area contributed by atoms with Gasteiger partial charge >= 0.3 is 0 Å². The maximum atomic E-state index is 12.3. The maximum absolute atomic E-state index is 12.3. The Morgan fingerprint density at radius 2 is 2.24 bits per heavy atom. The Bertz CT molecular complexity index is 562. The molecule has 0 unspecified atom stereocenters. The van der Waals surface area contributed by atoms with E-state index in [-0.39, 0.29) is 11.1 Å². The summed E-state index contributed by atoms with van der Waals surface area (Å²) in [6.45, 7) is 8.80. The van der Waals surface area contributed by atoms with Crippen LogP contribution in [-0.2, 0) is 17.1 Å². The third-order valence-corrected chi connectivity index (χ3v) is 5.45. The second kappa shape index (κ2) is 6.46. The second-order valence-electron chi connectivity index (χ2n) is 6.27. The molecule has 0 aliphatic carbocycles. The molecule has 0 spiro atoms. The van der Waals surface area contributed by atoms with Crippen molar-refractivity contribution in [2.75, 3.05) is 19.6 Å². The molecule has 21 heavy (non-hydrogen) atoms. The summed E-state index contributed by atoms with van der Waals surface area (Å²) in [5.74, 6) is 1.38. The van der Waals surface area contributed by atoms with Crippen LogP contribution in [0.4, 0.5) is 0 Å². The Morgan fingerprint density at radius 3 is 2.81 bits per heavy atom. The summed E-state index contributed by atoms with van der Waals surface area (Å²) in [7, 11) is -1.74. The van der Waals surface area contributed by atoms with Crippen molar-refractivity contribution in [1.29, 1.82) is 0 Å². The fraction of sp³-hybridized carbons (Fsp3) is 0.786. The topological polar surface area (TPSA) is 67.2 Å². The zero-order valence-electron chi connectivity index (χ0n) is 13.3. The molecule has 0 radical (unpaired) electrons. The molecule has 2 atom stereocenters. The highest BCUT2D eigenvalue weighted by atomic mass is 32.2. The van der Waals surface area contributed by atoms with E-state index in [0.29, 0.717) is 11.7 Å². The first-order chi connectivity index (χ1) is 9.78. The normalized spacial score (nSPS) is 22.4. The van der Waals surface area contributed by atoms with Gasteiger partial charge in [-0.05, 0) is 39.2 Å². The van der Waals surface area contributed by atoms with E-state index in [0.717, 1.165) is 19.6 Å². The molecular weight excluding hydrogens is 288 g/mol. The second-order valence-corrected chi connectivity index (χ2v) is 7.93. The van der Waals surface area contributed by atoms with Crippen LogP contribution in [0.2, 0.25) is 0 Å². The first kappa shape index (κ1) is 16.5. The van der Waals surface area contributed by atoms with Gasteiger partial charge in [-0.25, -0.2) is 18.1 Å². The van der Waals surface area contributed by atoms with Gasteiger partial charge in [0.05, 0.1) is 0 Å². The third-order valence-electron chi connectivity index (χ3n) is 3.99. The van der Waals surface area contributed by atoms with Crippen molar-refractivity contribution < 1.29 is 8.42 Å². The molecule has 1 aromatic rings. The number of aryl methyl sites for hydroxylation is 2. The highest BCUT2D eigenvalue weighted by Gasteiger charge is 2.23. The molecule has 0 saturated carbocycles. The molecule has 1 aliphatic rings. The maximum Gasteiger partial charge on any atom is 0.259 e. The van der Waals surface area contributed by atoms with E-state index in [1.54, 1.807) is 24.7 Å². The molecule has 6 nitrogen and oxygen atoms in total. The number of sulfonamides is 1. The largest absolute Gasteiger partial charge is 0.337 e. The van der Waals surface area contributed by atoms with Gasteiger partial charge in [0, 0.05) is 32.4 Å². The Kier molecular flexibility index (Phi) is 5.06. The van der Waals surface area contributed by atoms with Crippen molar-refractivity contribution in [3.8, 4) is 0 Å². The first-order valence-corrected chi connectivity index (χ1v) is 9.01. The van der Waals surface area contributed by atoms with Crippen LogP contribution < -0.4 is 4.72 Å². The van der Waals surface area contributed by atoms with E-state index >= 15 is 0 Å². The number of aromatic nitrogens is 2. The number of nitrogens with one attached hydrogen (secondary N) is 1. The van der Waals surface area contributed by atoms with Crippen LogP contribution in [0.1, 0.15) is 32.5 Å². The molecule has 0 aromatic carbocycles. The number of nitrogens with zero attached hydrogens (tertiary/aromatic N) is 3. The van der Waals surface area contributed by atoms with Crippen molar-refractivity contribution >= 4 is 10.0 Å². The van der Waals surface area contributed by atoms with Crippen LogP contribution in [0, 0.1) is 12.8 Å². The quantitative estimate of drug-likeness (QED) is 0.884. The number of piperidine rings is 1. The van der Waals surface area contributed by atoms with E-state index in [1.165, 1.54) is 12.8 Å². The molecule has 1 aliphatic heterocycles. The van der Waals surface area contributed by atoms with Gasteiger partial charge in [-0.1, -0.05) is 6.92 Å². The number of rotatable bonds is 5. The molecule has 2 heterocycles. The molecule has 0 bridgehead atoms. The number of hydrogen-bond acceptors (Lipinski definition) is 4. The minimum absolute atomic E-state index is 0.0985. The van der Waals surface area contributed by atoms with E-state index < -0.39 is 10.0 Å². The number of likely N-dealkylation sites (tertiary alicyclic amines) is 1. The lowest BCUT2D eigenvalue weighted by Gasteiger charge is -2.32. The molecule has 1 aromatic heterocycles. The predicted octanol–water partition coefficient (Wildman–Crippen LogP) is 1.13. The van der Waals surface area contributed by atoms with Crippen molar-refractivity contribution in [2.24, 2.45) is 13.0 Å². The lowest BCUT2D eigenvalue weighted by Crippen LogP contribution is -2.45. The average Bonchev–Trinajstić information content (AvgIpc) is 2.69. The van der Waals surface area contributed by atoms with Gasteiger partial charge in [0.2, 0.25) is 0 Å². The molecule has 2 rings (SSSR count).